The van der Waals surface area contributed by atoms with Crippen molar-refractivity contribution in [1.82, 2.24) is 9.78 Å². The number of nitrogens with one attached hydrogen (secondary N) is 1. The maximum Gasteiger partial charge on any atom is 0.359 e. The molecule has 0 fully saturated rings. The predicted octanol–water partition coefficient (Wildman–Crippen LogP) is 4.76. The molecule has 35 heavy (non-hydrogen) atoms. The first-order valence-corrected chi connectivity index (χ1v) is 12.0. The Hall–Kier alpha value is -3.81. The molecule has 3 aromatic rings. The van der Waals surface area contributed by atoms with Crippen LogP contribution in [0.5, 0.6) is 0 Å². The topological polar surface area (TPSA) is 107 Å². The van der Waals surface area contributed by atoms with E-state index in [1.165, 1.54) is 4.68 Å². The molecule has 0 radical (unpaired) electrons. The minimum Gasteiger partial charge on any atom is -0.452 e. The van der Waals surface area contributed by atoms with Crippen molar-refractivity contribution in [1.29, 1.82) is 0 Å². The van der Waals surface area contributed by atoms with Crippen molar-refractivity contribution in [2.45, 2.75) is 58.9 Å². The first-order valence-electron chi connectivity index (χ1n) is 12.0. The van der Waals surface area contributed by atoms with Crippen molar-refractivity contribution >= 4 is 34.1 Å². The summed E-state index contributed by atoms with van der Waals surface area (Å²) in [5, 5.41) is 7.82. The van der Waals surface area contributed by atoms with E-state index in [-0.39, 0.29) is 22.9 Å². The summed E-state index contributed by atoms with van der Waals surface area (Å²) in [4.78, 5) is 50.0. The Labute approximate surface area is 204 Å². The van der Waals surface area contributed by atoms with E-state index in [1.807, 2.05) is 6.92 Å². The van der Waals surface area contributed by atoms with Crippen molar-refractivity contribution in [2.24, 2.45) is 0 Å². The number of benzene rings is 2. The number of Topliss-reactive ketones (excluding diaryl/α,β-unsaturated/α-hetero) is 1. The molecule has 1 aromatic heterocycles. The quantitative estimate of drug-likeness (QED) is 0.229. The van der Waals surface area contributed by atoms with Crippen molar-refractivity contribution in [2.75, 3.05) is 11.9 Å². The largest absolute Gasteiger partial charge is 0.452 e. The SMILES string of the molecule is CCCCCCn1nc(C(=O)OCC(=O)c2ccc(NC(=O)CCC)cc2)c2ccccc2c1=O. The normalized spacial score (nSPS) is 10.8. The van der Waals surface area contributed by atoms with E-state index in [2.05, 4.69) is 17.3 Å². The smallest absolute Gasteiger partial charge is 0.359 e. The molecule has 8 heteroatoms. The second kappa shape index (κ2) is 12.6. The summed E-state index contributed by atoms with van der Waals surface area (Å²) < 4.78 is 6.59. The van der Waals surface area contributed by atoms with E-state index < -0.39 is 12.6 Å². The molecule has 0 saturated carbocycles. The van der Waals surface area contributed by atoms with Gasteiger partial charge >= 0.3 is 5.97 Å². The van der Waals surface area contributed by atoms with E-state index >= 15 is 0 Å². The number of ketones is 1. The summed E-state index contributed by atoms with van der Waals surface area (Å²) in [6.07, 6.45) is 5.04. The highest BCUT2D eigenvalue weighted by atomic mass is 16.5. The van der Waals surface area contributed by atoms with Crippen LogP contribution >= 0.6 is 0 Å². The standard InChI is InChI=1S/C27H31N3O5/c1-3-5-6-9-17-30-26(33)22-12-8-7-11-21(22)25(29-30)27(34)35-18-23(31)19-13-15-20(16-14-19)28-24(32)10-4-2/h7-8,11-16H,3-6,9-10,17-18H2,1-2H3,(H,28,32). The predicted molar refractivity (Wildman–Crippen MR) is 135 cm³/mol. The number of unbranched alkanes of at least 4 members (excludes halogenated alkanes) is 3. The highest BCUT2D eigenvalue weighted by Crippen LogP contribution is 2.16. The van der Waals surface area contributed by atoms with Crippen LogP contribution < -0.4 is 10.9 Å². The van der Waals surface area contributed by atoms with E-state index in [4.69, 9.17) is 4.74 Å². The number of anilines is 1. The summed E-state index contributed by atoms with van der Waals surface area (Å²) >= 11 is 0. The van der Waals surface area contributed by atoms with Crippen molar-refractivity contribution < 1.29 is 19.1 Å². The minimum atomic E-state index is -0.764. The Morgan fingerprint density at radius 2 is 1.63 bits per heavy atom. The molecule has 184 valence electrons. The maximum absolute atomic E-state index is 12.9. The number of amides is 1. The van der Waals surface area contributed by atoms with Gasteiger partial charge in [0.2, 0.25) is 5.91 Å². The summed E-state index contributed by atoms with van der Waals surface area (Å²) in [6.45, 7) is 3.97. The number of aryl methyl sites for hydroxylation is 1. The Morgan fingerprint density at radius 3 is 2.31 bits per heavy atom. The maximum atomic E-state index is 12.9. The molecule has 0 spiro atoms. The van der Waals surface area contributed by atoms with Crippen molar-refractivity contribution in [3.8, 4) is 0 Å². The number of carbonyl (C=O) groups excluding carboxylic acids is 3. The summed E-state index contributed by atoms with van der Waals surface area (Å²) in [7, 11) is 0. The Balaban J connectivity index is 1.71. The van der Waals surface area contributed by atoms with Crippen LogP contribution in [-0.4, -0.2) is 34.0 Å². The van der Waals surface area contributed by atoms with E-state index in [0.717, 1.165) is 32.1 Å². The summed E-state index contributed by atoms with van der Waals surface area (Å²) in [6, 6.07) is 13.2. The average Bonchev–Trinajstić information content (AvgIpc) is 2.87. The molecule has 0 bridgehead atoms. The van der Waals surface area contributed by atoms with Crippen LogP contribution in [0.4, 0.5) is 5.69 Å². The van der Waals surface area contributed by atoms with Crippen LogP contribution in [-0.2, 0) is 16.1 Å². The zero-order chi connectivity index (χ0) is 25.2. The van der Waals surface area contributed by atoms with Gasteiger partial charge in [0.15, 0.2) is 18.1 Å². The van der Waals surface area contributed by atoms with Crippen LogP contribution in [0.15, 0.2) is 53.3 Å². The van der Waals surface area contributed by atoms with Gasteiger partial charge in [-0.25, -0.2) is 9.48 Å². The van der Waals surface area contributed by atoms with E-state index in [1.54, 1.807) is 48.5 Å². The molecular weight excluding hydrogens is 446 g/mol. The number of aromatic nitrogens is 2. The molecule has 2 aromatic carbocycles. The third-order valence-corrected chi connectivity index (χ3v) is 5.59. The number of hydrogen-bond acceptors (Lipinski definition) is 6. The fraction of sp³-hybridized carbons (Fsp3) is 0.370. The van der Waals surface area contributed by atoms with Gasteiger partial charge < -0.3 is 10.1 Å². The van der Waals surface area contributed by atoms with Crippen LogP contribution in [0.2, 0.25) is 0 Å². The Morgan fingerprint density at radius 1 is 0.914 bits per heavy atom. The van der Waals surface area contributed by atoms with Gasteiger partial charge in [-0.1, -0.05) is 51.3 Å². The second-order valence-corrected chi connectivity index (χ2v) is 8.36. The van der Waals surface area contributed by atoms with Gasteiger partial charge in [0.25, 0.3) is 5.56 Å². The number of esters is 1. The lowest BCUT2D eigenvalue weighted by molar-refractivity contribution is -0.116. The number of hydrogen-bond donors (Lipinski definition) is 1. The van der Waals surface area contributed by atoms with Crippen LogP contribution in [0.3, 0.4) is 0 Å². The molecule has 0 aliphatic rings. The minimum absolute atomic E-state index is 0.0116. The third-order valence-electron chi connectivity index (χ3n) is 5.59. The van der Waals surface area contributed by atoms with Crippen molar-refractivity contribution in [3.63, 3.8) is 0 Å². The molecule has 0 unspecified atom stereocenters. The Bertz CT molecular complexity index is 1250. The highest BCUT2D eigenvalue weighted by molar-refractivity contribution is 6.04. The molecule has 1 heterocycles. The van der Waals surface area contributed by atoms with E-state index in [0.29, 0.717) is 35.0 Å². The summed E-state index contributed by atoms with van der Waals surface area (Å²) in [5.74, 6) is -1.24. The van der Waals surface area contributed by atoms with Crippen LogP contribution in [0, 0.1) is 0 Å². The fourth-order valence-electron chi connectivity index (χ4n) is 3.70. The lowest BCUT2D eigenvalue weighted by Gasteiger charge is -2.11. The zero-order valence-electron chi connectivity index (χ0n) is 20.2. The average molecular weight is 478 g/mol. The fourth-order valence-corrected chi connectivity index (χ4v) is 3.70. The second-order valence-electron chi connectivity index (χ2n) is 8.36. The number of rotatable bonds is 12. The molecule has 1 amide bonds. The van der Waals surface area contributed by atoms with Gasteiger partial charge in [-0.3, -0.25) is 14.4 Å². The van der Waals surface area contributed by atoms with Gasteiger partial charge in [-0.15, -0.1) is 0 Å². The molecule has 0 atom stereocenters. The lowest BCUT2D eigenvalue weighted by Crippen LogP contribution is -2.27. The van der Waals surface area contributed by atoms with Gasteiger partial charge in [-0.2, -0.15) is 5.10 Å². The first-order chi connectivity index (χ1) is 16.9. The van der Waals surface area contributed by atoms with Gasteiger partial charge in [0.1, 0.15) is 0 Å². The molecule has 3 rings (SSSR count). The molecule has 0 aliphatic carbocycles. The van der Waals surface area contributed by atoms with Crippen LogP contribution in [0.1, 0.15) is 73.2 Å². The summed E-state index contributed by atoms with van der Waals surface area (Å²) in [5.41, 5.74) is 0.701. The number of fused-ring (bicyclic) bond motifs is 1. The number of nitrogens with zero attached hydrogens (tertiary/aromatic N) is 2. The van der Waals surface area contributed by atoms with Gasteiger partial charge in [0, 0.05) is 29.6 Å². The lowest BCUT2D eigenvalue weighted by atomic mass is 10.1. The zero-order valence-corrected chi connectivity index (χ0v) is 20.2. The first kappa shape index (κ1) is 25.8. The molecule has 0 aliphatic heterocycles. The highest BCUT2D eigenvalue weighted by Gasteiger charge is 2.19. The van der Waals surface area contributed by atoms with Crippen LogP contribution in [0.25, 0.3) is 10.8 Å². The number of ether oxygens (including phenoxy) is 1. The molecule has 1 N–H and O–H groups in total. The molecule has 0 saturated heterocycles. The Kier molecular flexibility index (Phi) is 9.29. The third kappa shape index (κ3) is 6.85. The van der Waals surface area contributed by atoms with Gasteiger partial charge in [0.05, 0.1) is 5.39 Å². The number of carbonyl (C=O) groups is 3. The van der Waals surface area contributed by atoms with Crippen molar-refractivity contribution in [3.05, 3.63) is 70.1 Å². The molecule has 8 nitrogen and oxygen atoms in total. The monoisotopic (exact) mass is 477 g/mol. The van der Waals surface area contributed by atoms with E-state index in [9.17, 15) is 19.2 Å². The van der Waals surface area contributed by atoms with Gasteiger partial charge in [-0.05, 0) is 43.2 Å². The molecular formula is C27H31N3O5.